The molecule has 1 amide bonds. The Morgan fingerprint density at radius 3 is 2.52 bits per heavy atom. The van der Waals surface area contributed by atoms with Crippen LogP contribution < -0.4 is 5.32 Å². The van der Waals surface area contributed by atoms with E-state index in [1.165, 1.54) is 11.0 Å². The summed E-state index contributed by atoms with van der Waals surface area (Å²) in [4.78, 5) is 16.0. The molecule has 0 spiro atoms. The van der Waals surface area contributed by atoms with E-state index in [-0.39, 0.29) is 10.8 Å². The van der Waals surface area contributed by atoms with Crippen LogP contribution in [0, 0.1) is 0 Å². The first-order valence-corrected chi connectivity index (χ1v) is 7.37. The number of alkyl halides is 3. The highest BCUT2D eigenvalue weighted by atomic mass is 35.5. The SMILES string of the molecule is O=C(Nc1cc(Cl)ccc1C(F)(F)F)c1ncn(-c2ccccc2)n1. The lowest BCUT2D eigenvalue weighted by Gasteiger charge is -2.13. The molecule has 0 aliphatic rings. The van der Waals surface area contributed by atoms with E-state index in [0.717, 1.165) is 18.2 Å². The maximum absolute atomic E-state index is 13.0. The summed E-state index contributed by atoms with van der Waals surface area (Å²) in [6.07, 6.45) is -3.34. The van der Waals surface area contributed by atoms with Gasteiger partial charge in [0.2, 0.25) is 5.82 Å². The molecule has 0 saturated carbocycles. The van der Waals surface area contributed by atoms with Gasteiger partial charge in [-0.05, 0) is 30.3 Å². The van der Waals surface area contributed by atoms with Crippen LogP contribution in [-0.2, 0) is 6.18 Å². The van der Waals surface area contributed by atoms with Crippen LogP contribution >= 0.6 is 11.6 Å². The molecule has 9 heteroatoms. The predicted octanol–water partition coefficient (Wildman–Crippen LogP) is 4.19. The molecule has 1 N–H and O–H groups in total. The van der Waals surface area contributed by atoms with Crippen molar-refractivity contribution < 1.29 is 18.0 Å². The average molecular weight is 367 g/mol. The van der Waals surface area contributed by atoms with Crippen LogP contribution in [0.4, 0.5) is 18.9 Å². The number of hydrogen-bond acceptors (Lipinski definition) is 3. The van der Waals surface area contributed by atoms with Gasteiger partial charge in [0, 0.05) is 5.02 Å². The number of rotatable bonds is 3. The monoisotopic (exact) mass is 366 g/mol. The lowest BCUT2D eigenvalue weighted by atomic mass is 10.1. The second kappa shape index (κ2) is 6.56. The number of carbonyl (C=O) groups is 1. The molecular weight excluding hydrogens is 357 g/mol. The molecule has 3 rings (SSSR count). The minimum absolute atomic E-state index is 0.0612. The minimum Gasteiger partial charge on any atom is -0.319 e. The van der Waals surface area contributed by atoms with Gasteiger partial charge in [0.1, 0.15) is 6.33 Å². The normalized spacial score (nSPS) is 11.4. The molecule has 0 fully saturated rings. The van der Waals surface area contributed by atoms with Gasteiger partial charge >= 0.3 is 6.18 Å². The number of anilines is 1. The number of carbonyl (C=O) groups excluding carboxylic acids is 1. The van der Waals surface area contributed by atoms with E-state index in [2.05, 4.69) is 15.4 Å². The Morgan fingerprint density at radius 2 is 1.84 bits per heavy atom. The zero-order chi connectivity index (χ0) is 18.0. The Morgan fingerprint density at radius 1 is 1.12 bits per heavy atom. The van der Waals surface area contributed by atoms with Crippen LogP contribution in [-0.4, -0.2) is 20.7 Å². The van der Waals surface area contributed by atoms with Gasteiger partial charge in [-0.15, -0.1) is 5.10 Å². The van der Waals surface area contributed by atoms with Gasteiger partial charge in [-0.25, -0.2) is 9.67 Å². The summed E-state index contributed by atoms with van der Waals surface area (Å²) in [5.41, 5.74) is -0.804. The molecule has 0 aliphatic carbocycles. The number of aromatic nitrogens is 3. The summed E-state index contributed by atoms with van der Waals surface area (Å²) in [6.45, 7) is 0. The fraction of sp³-hybridized carbons (Fsp3) is 0.0625. The molecule has 128 valence electrons. The highest BCUT2D eigenvalue weighted by molar-refractivity contribution is 6.31. The third-order valence-corrected chi connectivity index (χ3v) is 3.49. The standard InChI is InChI=1S/C16H10ClF3N4O/c17-10-6-7-12(16(18,19)20)13(8-10)22-15(25)14-21-9-24(23-14)11-4-2-1-3-5-11/h1-9H,(H,22,25). The van der Waals surface area contributed by atoms with Crippen molar-refractivity contribution in [3.8, 4) is 5.69 Å². The van der Waals surface area contributed by atoms with Gasteiger partial charge in [-0.2, -0.15) is 13.2 Å². The van der Waals surface area contributed by atoms with Gasteiger partial charge in [0.15, 0.2) is 0 Å². The van der Waals surface area contributed by atoms with Crippen LogP contribution in [0.2, 0.25) is 5.02 Å². The topological polar surface area (TPSA) is 59.8 Å². The number of hydrogen-bond donors (Lipinski definition) is 1. The van der Waals surface area contributed by atoms with Gasteiger partial charge < -0.3 is 5.32 Å². The van der Waals surface area contributed by atoms with Crippen molar-refractivity contribution in [3.05, 3.63) is 71.3 Å². The van der Waals surface area contributed by atoms with Crippen molar-refractivity contribution in [2.75, 3.05) is 5.32 Å². The molecule has 0 bridgehead atoms. The molecular formula is C16H10ClF3N4O. The summed E-state index contributed by atoms with van der Waals surface area (Å²) in [7, 11) is 0. The molecule has 5 nitrogen and oxygen atoms in total. The van der Waals surface area contributed by atoms with Crippen LogP contribution in [0.1, 0.15) is 16.2 Å². The number of amides is 1. The summed E-state index contributed by atoms with van der Waals surface area (Å²) >= 11 is 5.73. The molecule has 3 aromatic rings. The van der Waals surface area contributed by atoms with Crippen LogP contribution in [0.15, 0.2) is 54.9 Å². The van der Waals surface area contributed by atoms with Crippen molar-refractivity contribution in [1.29, 1.82) is 0 Å². The molecule has 1 aromatic heterocycles. The summed E-state index contributed by atoms with van der Waals surface area (Å²) in [6, 6.07) is 11.8. The van der Waals surface area contributed by atoms with Crippen molar-refractivity contribution >= 4 is 23.2 Å². The highest BCUT2D eigenvalue weighted by Gasteiger charge is 2.34. The lowest BCUT2D eigenvalue weighted by molar-refractivity contribution is -0.136. The molecule has 0 aliphatic heterocycles. The quantitative estimate of drug-likeness (QED) is 0.756. The van der Waals surface area contributed by atoms with Gasteiger partial charge in [0.25, 0.3) is 5.91 Å². The van der Waals surface area contributed by atoms with E-state index in [1.807, 2.05) is 6.07 Å². The van der Waals surface area contributed by atoms with Crippen molar-refractivity contribution in [2.45, 2.75) is 6.18 Å². The van der Waals surface area contributed by atoms with Crippen LogP contribution in [0.5, 0.6) is 0 Å². The Hall–Kier alpha value is -2.87. The van der Waals surface area contributed by atoms with E-state index in [9.17, 15) is 18.0 Å². The molecule has 2 aromatic carbocycles. The first kappa shape index (κ1) is 17.0. The average Bonchev–Trinajstić information content (AvgIpc) is 3.04. The zero-order valence-electron chi connectivity index (χ0n) is 12.5. The fourth-order valence-electron chi connectivity index (χ4n) is 2.12. The van der Waals surface area contributed by atoms with Crippen LogP contribution in [0.25, 0.3) is 5.69 Å². The number of nitrogens with one attached hydrogen (secondary N) is 1. The van der Waals surface area contributed by atoms with Crippen LogP contribution in [0.3, 0.4) is 0 Å². The van der Waals surface area contributed by atoms with E-state index in [4.69, 9.17) is 11.6 Å². The molecule has 0 radical (unpaired) electrons. The third-order valence-electron chi connectivity index (χ3n) is 3.25. The summed E-state index contributed by atoms with van der Waals surface area (Å²) in [5, 5.41) is 6.19. The van der Waals surface area contributed by atoms with Gasteiger partial charge in [-0.3, -0.25) is 4.79 Å². The fourth-order valence-corrected chi connectivity index (χ4v) is 2.29. The van der Waals surface area contributed by atoms with Crippen molar-refractivity contribution in [3.63, 3.8) is 0 Å². The Balaban J connectivity index is 1.87. The van der Waals surface area contributed by atoms with Gasteiger partial charge in [0.05, 0.1) is 16.9 Å². The first-order valence-electron chi connectivity index (χ1n) is 7.00. The predicted molar refractivity (Wildman–Crippen MR) is 85.8 cm³/mol. The van der Waals surface area contributed by atoms with Crippen molar-refractivity contribution in [1.82, 2.24) is 14.8 Å². The lowest BCUT2D eigenvalue weighted by Crippen LogP contribution is -2.18. The van der Waals surface area contributed by atoms with Gasteiger partial charge in [-0.1, -0.05) is 29.8 Å². The number of nitrogens with zero attached hydrogens (tertiary/aromatic N) is 3. The zero-order valence-corrected chi connectivity index (χ0v) is 13.2. The molecule has 1 heterocycles. The van der Waals surface area contributed by atoms with E-state index >= 15 is 0 Å². The largest absolute Gasteiger partial charge is 0.418 e. The van der Waals surface area contributed by atoms with E-state index < -0.39 is 23.3 Å². The maximum Gasteiger partial charge on any atom is 0.418 e. The maximum atomic E-state index is 13.0. The first-order chi connectivity index (χ1) is 11.8. The number of halogens is 4. The molecule has 0 unspecified atom stereocenters. The Labute approximate surface area is 145 Å². The van der Waals surface area contributed by atoms with Crippen molar-refractivity contribution in [2.24, 2.45) is 0 Å². The summed E-state index contributed by atoms with van der Waals surface area (Å²) in [5.74, 6) is -1.14. The number of benzene rings is 2. The van der Waals surface area contributed by atoms with E-state index in [0.29, 0.717) is 5.69 Å². The Kier molecular flexibility index (Phi) is 4.45. The van der Waals surface area contributed by atoms with E-state index in [1.54, 1.807) is 24.3 Å². The smallest absolute Gasteiger partial charge is 0.319 e. The molecule has 0 saturated heterocycles. The summed E-state index contributed by atoms with van der Waals surface area (Å²) < 4.78 is 40.4. The minimum atomic E-state index is -4.63. The second-order valence-corrected chi connectivity index (χ2v) is 5.43. The molecule has 0 atom stereocenters. The highest BCUT2D eigenvalue weighted by Crippen LogP contribution is 2.36. The second-order valence-electron chi connectivity index (χ2n) is 4.99. The molecule has 25 heavy (non-hydrogen) atoms. The third kappa shape index (κ3) is 3.80. The number of para-hydroxylation sites is 1. The Bertz CT molecular complexity index is 909.